The number of aliphatic carboxylic acids is 1. The van der Waals surface area contributed by atoms with Crippen LogP contribution in [0.1, 0.15) is 30.1 Å². The van der Waals surface area contributed by atoms with Crippen molar-refractivity contribution < 1.29 is 9.90 Å². The first-order valence-corrected chi connectivity index (χ1v) is 8.51. The van der Waals surface area contributed by atoms with E-state index in [0.29, 0.717) is 17.0 Å². The lowest BCUT2D eigenvalue weighted by atomic mass is 10.1. The first-order chi connectivity index (χ1) is 9.81. The van der Waals surface area contributed by atoms with Crippen LogP contribution in [0.4, 0.5) is 0 Å². The van der Waals surface area contributed by atoms with Gasteiger partial charge in [-0.05, 0) is 25.3 Å². The number of carboxylic acids is 1. The fourth-order valence-electron chi connectivity index (χ4n) is 2.09. The minimum Gasteiger partial charge on any atom is -0.480 e. The molecule has 7 heteroatoms. The number of hydrogen-bond acceptors (Lipinski definition) is 5. The maximum Gasteiger partial charge on any atom is 0.316 e. The van der Waals surface area contributed by atoms with Crippen LogP contribution >= 0.6 is 23.1 Å². The fraction of sp³-hybridized carbons (Fsp3) is 0.500. The quantitative estimate of drug-likeness (QED) is 0.882. The van der Waals surface area contributed by atoms with Gasteiger partial charge in [0.05, 0.1) is 11.1 Å². The zero-order valence-electron chi connectivity index (χ0n) is 12.4. The van der Waals surface area contributed by atoms with Crippen molar-refractivity contribution in [3.63, 3.8) is 0 Å². The molecule has 1 unspecified atom stereocenters. The highest BCUT2D eigenvalue weighted by Crippen LogP contribution is 2.27. The number of hydrogen-bond donors (Lipinski definition) is 2. The molecule has 0 aliphatic carbocycles. The Kier molecular flexibility index (Phi) is 4.73. The van der Waals surface area contributed by atoms with Gasteiger partial charge in [-0.15, -0.1) is 23.1 Å². The molecule has 0 bridgehead atoms. The van der Waals surface area contributed by atoms with Crippen molar-refractivity contribution in [3.05, 3.63) is 26.6 Å². The number of carbonyl (C=O) groups is 1. The van der Waals surface area contributed by atoms with Crippen LogP contribution < -0.4 is 5.56 Å². The maximum absolute atomic E-state index is 12.1. The van der Waals surface area contributed by atoms with Crippen LogP contribution in [0.2, 0.25) is 0 Å². The maximum atomic E-state index is 12.1. The molecule has 0 amide bonds. The van der Waals surface area contributed by atoms with E-state index in [1.807, 2.05) is 27.7 Å². The number of aryl methyl sites for hydroxylation is 2. The predicted molar refractivity (Wildman–Crippen MR) is 87.3 cm³/mol. The molecule has 1 atom stereocenters. The van der Waals surface area contributed by atoms with Gasteiger partial charge in [-0.25, -0.2) is 4.98 Å². The first-order valence-electron chi connectivity index (χ1n) is 6.64. The van der Waals surface area contributed by atoms with Crippen molar-refractivity contribution in [2.45, 2.75) is 38.7 Å². The van der Waals surface area contributed by atoms with Crippen molar-refractivity contribution in [2.75, 3.05) is 0 Å². The van der Waals surface area contributed by atoms with Crippen molar-refractivity contribution in [1.29, 1.82) is 0 Å². The standard InChI is InChI=1S/C14H18N2O3S2/c1-6(2)11(14(18)19)20-5-9-15-12(17)10-7(3)8(4)21-13(10)16-9/h6,11H,5H2,1-4H3,(H,18,19)(H,15,16,17). The minimum atomic E-state index is -0.832. The normalized spacial score (nSPS) is 13.0. The summed E-state index contributed by atoms with van der Waals surface area (Å²) >= 11 is 2.79. The number of fused-ring (bicyclic) bond motifs is 1. The van der Waals surface area contributed by atoms with E-state index in [4.69, 9.17) is 0 Å². The van der Waals surface area contributed by atoms with Crippen LogP contribution in [0.25, 0.3) is 10.2 Å². The third-order valence-corrected chi connectivity index (χ3v) is 5.98. The summed E-state index contributed by atoms with van der Waals surface area (Å²) in [5, 5.41) is 9.32. The second-order valence-corrected chi connectivity index (χ2v) is 7.62. The molecule has 2 rings (SSSR count). The molecule has 0 aliphatic heterocycles. The SMILES string of the molecule is Cc1sc2nc(CSC(C(=O)O)C(C)C)[nH]c(=O)c2c1C. The van der Waals surface area contributed by atoms with Crippen molar-refractivity contribution in [2.24, 2.45) is 5.92 Å². The predicted octanol–water partition coefficient (Wildman–Crippen LogP) is 2.94. The Balaban J connectivity index is 2.28. The molecule has 0 spiro atoms. The Labute approximate surface area is 130 Å². The van der Waals surface area contributed by atoms with Gasteiger partial charge in [0, 0.05) is 4.88 Å². The van der Waals surface area contributed by atoms with Crippen LogP contribution in [0.3, 0.4) is 0 Å². The van der Waals surface area contributed by atoms with E-state index in [-0.39, 0.29) is 11.5 Å². The number of carboxylic acid groups (broad SMARTS) is 1. The van der Waals surface area contributed by atoms with Crippen molar-refractivity contribution >= 4 is 39.3 Å². The average molecular weight is 326 g/mol. The molecule has 0 saturated carbocycles. The fourth-order valence-corrected chi connectivity index (χ4v) is 4.14. The van der Waals surface area contributed by atoms with Gasteiger partial charge in [-0.3, -0.25) is 9.59 Å². The summed E-state index contributed by atoms with van der Waals surface area (Å²) in [6, 6.07) is 0. The minimum absolute atomic E-state index is 0.0224. The highest BCUT2D eigenvalue weighted by Gasteiger charge is 2.22. The zero-order chi connectivity index (χ0) is 15.7. The van der Waals surface area contributed by atoms with Crippen LogP contribution in [-0.4, -0.2) is 26.3 Å². The summed E-state index contributed by atoms with van der Waals surface area (Å²) in [4.78, 5) is 32.3. The van der Waals surface area contributed by atoms with E-state index in [0.717, 1.165) is 15.3 Å². The summed E-state index contributed by atoms with van der Waals surface area (Å²) in [6.45, 7) is 7.63. The molecule has 0 aliphatic rings. The smallest absolute Gasteiger partial charge is 0.316 e. The molecule has 2 N–H and O–H groups in total. The van der Waals surface area contributed by atoms with Gasteiger partial charge in [0.1, 0.15) is 15.9 Å². The molecule has 2 aromatic rings. The summed E-state index contributed by atoms with van der Waals surface area (Å²) in [5.74, 6) is 0.108. The highest BCUT2D eigenvalue weighted by molar-refractivity contribution is 7.99. The zero-order valence-corrected chi connectivity index (χ0v) is 14.0. The lowest BCUT2D eigenvalue weighted by molar-refractivity contribution is -0.137. The third kappa shape index (κ3) is 3.29. The van der Waals surface area contributed by atoms with Gasteiger partial charge in [0.25, 0.3) is 5.56 Å². The van der Waals surface area contributed by atoms with E-state index >= 15 is 0 Å². The van der Waals surface area contributed by atoms with Gasteiger partial charge in [0.2, 0.25) is 0 Å². The number of rotatable bonds is 5. The van der Waals surface area contributed by atoms with E-state index in [9.17, 15) is 14.7 Å². The number of thiophene rings is 1. The van der Waals surface area contributed by atoms with Gasteiger partial charge in [0.15, 0.2) is 0 Å². The van der Waals surface area contributed by atoms with Gasteiger partial charge >= 0.3 is 5.97 Å². The number of nitrogens with zero attached hydrogens (tertiary/aromatic N) is 1. The van der Waals surface area contributed by atoms with E-state index in [2.05, 4.69) is 9.97 Å². The van der Waals surface area contributed by atoms with E-state index in [1.165, 1.54) is 23.1 Å². The number of aromatic amines is 1. The number of aromatic nitrogens is 2. The summed E-state index contributed by atoms with van der Waals surface area (Å²) in [7, 11) is 0. The van der Waals surface area contributed by atoms with Crippen LogP contribution in [0.5, 0.6) is 0 Å². The largest absolute Gasteiger partial charge is 0.480 e. The van der Waals surface area contributed by atoms with Crippen LogP contribution in [0, 0.1) is 19.8 Å². The molecule has 114 valence electrons. The lowest BCUT2D eigenvalue weighted by Crippen LogP contribution is -2.23. The summed E-state index contributed by atoms with van der Waals surface area (Å²) in [5.41, 5.74) is 0.822. The van der Waals surface area contributed by atoms with Crippen LogP contribution in [-0.2, 0) is 10.5 Å². The number of H-pyrrole nitrogens is 1. The molecule has 2 aromatic heterocycles. The molecule has 0 fully saturated rings. The molecule has 0 radical (unpaired) electrons. The van der Waals surface area contributed by atoms with Gasteiger partial charge in [-0.2, -0.15) is 0 Å². The molecule has 0 aromatic carbocycles. The van der Waals surface area contributed by atoms with Gasteiger partial charge < -0.3 is 10.1 Å². The first kappa shape index (κ1) is 16.0. The Hall–Kier alpha value is -1.34. The second kappa shape index (κ2) is 6.19. The van der Waals surface area contributed by atoms with Crippen molar-refractivity contribution in [1.82, 2.24) is 9.97 Å². The number of nitrogens with one attached hydrogen (secondary N) is 1. The molecule has 0 saturated heterocycles. The summed E-state index contributed by atoms with van der Waals surface area (Å²) in [6.07, 6.45) is 0. The monoisotopic (exact) mass is 326 g/mol. The van der Waals surface area contributed by atoms with Crippen LogP contribution in [0.15, 0.2) is 4.79 Å². The Morgan fingerprint density at radius 3 is 2.67 bits per heavy atom. The van der Waals surface area contributed by atoms with Gasteiger partial charge in [-0.1, -0.05) is 13.8 Å². The van der Waals surface area contributed by atoms with E-state index in [1.54, 1.807) is 0 Å². The average Bonchev–Trinajstić information content (AvgIpc) is 2.64. The second-order valence-electron chi connectivity index (χ2n) is 5.29. The number of thioether (sulfide) groups is 1. The van der Waals surface area contributed by atoms with Crippen molar-refractivity contribution in [3.8, 4) is 0 Å². The highest BCUT2D eigenvalue weighted by atomic mass is 32.2. The molecule has 2 heterocycles. The molecule has 5 nitrogen and oxygen atoms in total. The Morgan fingerprint density at radius 1 is 1.43 bits per heavy atom. The molecular formula is C14H18N2O3S2. The lowest BCUT2D eigenvalue weighted by Gasteiger charge is -2.14. The molecule has 21 heavy (non-hydrogen) atoms. The summed E-state index contributed by atoms with van der Waals surface area (Å²) < 4.78 is 0. The Bertz CT molecular complexity index is 734. The Morgan fingerprint density at radius 2 is 2.10 bits per heavy atom. The topological polar surface area (TPSA) is 83.0 Å². The van der Waals surface area contributed by atoms with E-state index < -0.39 is 11.2 Å². The molecular weight excluding hydrogens is 308 g/mol. The third-order valence-electron chi connectivity index (χ3n) is 3.34.